The summed E-state index contributed by atoms with van der Waals surface area (Å²) in [6.45, 7) is 0. The van der Waals surface area contributed by atoms with Crippen LogP contribution < -0.4 is 5.32 Å². The molecule has 20 heavy (non-hydrogen) atoms. The largest absolute Gasteiger partial charge is 0.322 e. The minimum atomic E-state index is -1.74. The van der Waals surface area contributed by atoms with E-state index in [-0.39, 0.29) is 10.7 Å². The van der Waals surface area contributed by atoms with Gasteiger partial charge in [0.25, 0.3) is 11.9 Å². The molecule has 0 unspecified atom stereocenters. The highest BCUT2D eigenvalue weighted by atomic mass is 35.5. The van der Waals surface area contributed by atoms with E-state index in [0.29, 0.717) is 6.07 Å². The van der Waals surface area contributed by atoms with Crippen LogP contribution in [-0.4, -0.2) is 10.9 Å². The first-order valence-electron chi connectivity index (χ1n) is 5.16. The third-order valence-electron chi connectivity index (χ3n) is 2.31. The van der Waals surface area contributed by atoms with E-state index in [2.05, 4.69) is 10.3 Å². The van der Waals surface area contributed by atoms with Crippen LogP contribution in [0.1, 0.15) is 10.4 Å². The molecule has 0 spiro atoms. The van der Waals surface area contributed by atoms with Crippen molar-refractivity contribution in [2.24, 2.45) is 0 Å². The monoisotopic (exact) mass is 304 g/mol. The second kappa shape index (κ2) is 5.46. The van der Waals surface area contributed by atoms with Crippen molar-refractivity contribution in [3.8, 4) is 0 Å². The molecule has 0 radical (unpaired) electrons. The van der Waals surface area contributed by atoms with Crippen LogP contribution in [0.25, 0.3) is 0 Å². The summed E-state index contributed by atoms with van der Waals surface area (Å²) < 4.78 is 52.2. The lowest BCUT2D eigenvalue weighted by Gasteiger charge is -2.07. The van der Waals surface area contributed by atoms with Crippen LogP contribution in [0.4, 0.5) is 23.2 Å². The smallest absolute Gasteiger partial charge is 0.258 e. The van der Waals surface area contributed by atoms with Crippen LogP contribution in [0, 0.1) is 23.5 Å². The van der Waals surface area contributed by atoms with Crippen LogP contribution >= 0.6 is 11.6 Å². The summed E-state index contributed by atoms with van der Waals surface area (Å²) in [5, 5.41) is 1.91. The molecular weight excluding hydrogens is 300 g/mol. The van der Waals surface area contributed by atoms with Gasteiger partial charge in [-0.1, -0.05) is 11.6 Å². The molecule has 0 aliphatic heterocycles. The van der Waals surface area contributed by atoms with E-state index in [1.54, 1.807) is 0 Å². The Labute approximate surface area is 115 Å². The van der Waals surface area contributed by atoms with Crippen LogP contribution in [-0.2, 0) is 0 Å². The Morgan fingerprint density at radius 2 is 1.85 bits per heavy atom. The fourth-order valence-electron chi connectivity index (χ4n) is 1.41. The van der Waals surface area contributed by atoms with Crippen LogP contribution in [0.2, 0.25) is 5.02 Å². The Morgan fingerprint density at radius 1 is 1.15 bits per heavy atom. The molecule has 1 amide bonds. The summed E-state index contributed by atoms with van der Waals surface area (Å²) in [5.41, 5.74) is -0.931. The predicted molar refractivity (Wildman–Crippen MR) is 63.5 cm³/mol. The van der Waals surface area contributed by atoms with Crippen molar-refractivity contribution >= 4 is 23.2 Å². The molecule has 1 N–H and O–H groups in total. The van der Waals surface area contributed by atoms with Gasteiger partial charge in [-0.15, -0.1) is 0 Å². The van der Waals surface area contributed by atoms with Crippen LogP contribution in [0.15, 0.2) is 24.3 Å². The van der Waals surface area contributed by atoms with Gasteiger partial charge in [-0.25, -0.2) is 8.78 Å². The Morgan fingerprint density at radius 3 is 2.50 bits per heavy atom. The minimum absolute atomic E-state index is 0.0473. The van der Waals surface area contributed by atoms with E-state index in [9.17, 15) is 22.4 Å². The maximum atomic E-state index is 13.3. The van der Waals surface area contributed by atoms with Crippen molar-refractivity contribution in [2.75, 3.05) is 5.32 Å². The van der Waals surface area contributed by atoms with Crippen LogP contribution in [0.3, 0.4) is 0 Å². The number of amides is 1. The Hall–Kier alpha value is -2.15. The van der Waals surface area contributed by atoms with Crippen molar-refractivity contribution in [1.82, 2.24) is 4.98 Å². The second-order valence-corrected chi connectivity index (χ2v) is 4.09. The summed E-state index contributed by atoms with van der Waals surface area (Å²) in [6.07, 6.45) is 0. The van der Waals surface area contributed by atoms with E-state index in [1.165, 1.54) is 6.07 Å². The molecule has 2 rings (SSSR count). The molecule has 0 saturated heterocycles. The van der Waals surface area contributed by atoms with Crippen molar-refractivity contribution < 1.29 is 22.4 Å². The number of hydrogen-bond acceptors (Lipinski definition) is 2. The molecule has 0 aliphatic rings. The summed E-state index contributed by atoms with van der Waals surface area (Å²) in [7, 11) is 0. The molecule has 0 fully saturated rings. The maximum Gasteiger partial charge on any atom is 0.258 e. The van der Waals surface area contributed by atoms with E-state index in [4.69, 9.17) is 11.6 Å². The van der Waals surface area contributed by atoms with E-state index >= 15 is 0 Å². The Balaban J connectivity index is 2.30. The molecule has 8 heteroatoms. The average molecular weight is 305 g/mol. The normalized spacial score (nSPS) is 10.4. The van der Waals surface area contributed by atoms with Crippen LogP contribution in [0.5, 0.6) is 0 Å². The van der Waals surface area contributed by atoms with Gasteiger partial charge in [0.2, 0.25) is 5.95 Å². The molecule has 2 aromatic rings. The zero-order valence-corrected chi connectivity index (χ0v) is 10.3. The number of hydrogen-bond donors (Lipinski definition) is 1. The lowest BCUT2D eigenvalue weighted by atomic mass is 10.2. The molecular formula is C12H5ClF4N2O. The summed E-state index contributed by atoms with van der Waals surface area (Å²) in [4.78, 5) is 14.3. The van der Waals surface area contributed by atoms with E-state index in [0.717, 1.165) is 12.1 Å². The second-order valence-electron chi connectivity index (χ2n) is 3.68. The zero-order valence-electron chi connectivity index (χ0n) is 9.55. The van der Waals surface area contributed by atoms with Crippen molar-refractivity contribution in [3.63, 3.8) is 0 Å². The first kappa shape index (κ1) is 14.3. The van der Waals surface area contributed by atoms with Gasteiger partial charge in [0.15, 0.2) is 5.82 Å². The van der Waals surface area contributed by atoms with Gasteiger partial charge in [-0.05, 0) is 18.2 Å². The molecule has 0 saturated carbocycles. The van der Waals surface area contributed by atoms with Gasteiger partial charge >= 0.3 is 0 Å². The number of rotatable bonds is 2. The predicted octanol–water partition coefficient (Wildman–Crippen LogP) is 3.54. The first-order chi connectivity index (χ1) is 9.38. The lowest BCUT2D eigenvalue weighted by molar-refractivity contribution is 0.102. The first-order valence-corrected chi connectivity index (χ1v) is 5.54. The summed E-state index contributed by atoms with van der Waals surface area (Å²) in [6, 6.07) is 3.72. The number of pyridine rings is 1. The number of halogens is 5. The molecule has 1 heterocycles. The SMILES string of the molecule is O=C(Nc1ccc(Cl)c(F)c1)c1cc(F)nc(F)c1F. The highest BCUT2D eigenvalue weighted by molar-refractivity contribution is 6.30. The maximum absolute atomic E-state index is 13.3. The van der Waals surface area contributed by atoms with Gasteiger partial charge < -0.3 is 5.32 Å². The summed E-state index contributed by atoms with van der Waals surface area (Å²) in [5.74, 6) is -6.64. The zero-order chi connectivity index (χ0) is 14.9. The fraction of sp³-hybridized carbons (Fsp3) is 0. The fourth-order valence-corrected chi connectivity index (χ4v) is 1.52. The molecule has 0 aliphatic carbocycles. The van der Waals surface area contributed by atoms with E-state index in [1.807, 2.05) is 0 Å². The molecule has 3 nitrogen and oxygen atoms in total. The molecule has 0 atom stereocenters. The number of nitrogens with zero attached hydrogens (tertiary/aromatic N) is 1. The third kappa shape index (κ3) is 2.88. The Kier molecular flexibility index (Phi) is 3.89. The van der Waals surface area contributed by atoms with Gasteiger partial charge in [-0.3, -0.25) is 4.79 Å². The quantitative estimate of drug-likeness (QED) is 0.681. The number of carbonyl (C=O) groups is 1. The van der Waals surface area contributed by atoms with Gasteiger partial charge in [0.05, 0.1) is 10.6 Å². The molecule has 1 aromatic carbocycles. The molecule has 1 aromatic heterocycles. The third-order valence-corrected chi connectivity index (χ3v) is 2.61. The number of aromatic nitrogens is 1. The topological polar surface area (TPSA) is 42.0 Å². The van der Waals surface area contributed by atoms with Gasteiger partial charge in [0, 0.05) is 11.8 Å². The standard InChI is InChI=1S/C12H5ClF4N2O/c13-7-2-1-5(3-8(7)14)18-12(20)6-4-9(15)19-11(17)10(6)16/h1-4H,(H,18,20). The van der Waals surface area contributed by atoms with Gasteiger partial charge in [0.1, 0.15) is 5.82 Å². The highest BCUT2D eigenvalue weighted by Gasteiger charge is 2.19. The molecule has 0 bridgehead atoms. The number of nitrogens with one attached hydrogen (secondary N) is 1. The number of benzene rings is 1. The molecule has 104 valence electrons. The van der Waals surface area contributed by atoms with Gasteiger partial charge in [-0.2, -0.15) is 13.8 Å². The lowest BCUT2D eigenvalue weighted by Crippen LogP contribution is -2.16. The number of anilines is 1. The van der Waals surface area contributed by atoms with Crippen molar-refractivity contribution in [2.45, 2.75) is 0 Å². The van der Waals surface area contributed by atoms with Crippen molar-refractivity contribution in [1.29, 1.82) is 0 Å². The average Bonchev–Trinajstić information content (AvgIpc) is 2.38. The summed E-state index contributed by atoms with van der Waals surface area (Å²) >= 11 is 5.45. The number of carbonyl (C=O) groups excluding carboxylic acids is 1. The Bertz CT molecular complexity index is 693. The van der Waals surface area contributed by atoms with Crippen molar-refractivity contribution in [3.05, 3.63) is 58.4 Å². The minimum Gasteiger partial charge on any atom is -0.322 e. The van der Waals surface area contributed by atoms with E-state index < -0.39 is 35.0 Å². The highest BCUT2D eigenvalue weighted by Crippen LogP contribution is 2.20.